The third-order valence-corrected chi connectivity index (χ3v) is 5.56. The number of hydrogen-bond donors (Lipinski definition) is 2. The van der Waals surface area contributed by atoms with Gasteiger partial charge in [-0.2, -0.15) is 5.10 Å². The summed E-state index contributed by atoms with van der Waals surface area (Å²) in [5.41, 5.74) is 3.71. The molecule has 0 spiro atoms. The minimum Gasteiger partial charge on any atom is -0.490 e. The van der Waals surface area contributed by atoms with Gasteiger partial charge < -0.3 is 14.8 Å². The second kappa shape index (κ2) is 13.5. The molecule has 1 unspecified atom stereocenters. The molecule has 2 rings (SSSR count). The van der Waals surface area contributed by atoms with E-state index >= 15 is 0 Å². The quantitative estimate of drug-likeness (QED) is 0.205. The number of rotatable bonds is 11. The highest BCUT2D eigenvalue weighted by molar-refractivity contribution is 14.1. The molecule has 0 aliphatic heterocycles. The molecule has 184 valence electrons. The van der Waals surface area contributed by atoms with E-state index in [9.17, 15) is 9.59 Å². The third-order valence-electron chi connectivity index (χ3n) is 4.51. The largest absolute Gasteiger partial charge is 0.490 e. The summed E-state index contributed by atoms with van der Waals surface area (Å²) < 4.78 is 12.5. The van der Waals surface area contributed by atoms with E-state index in [4.69, 9.17) is 21.1 Å². The van der Waals surface area contributed by atoms with Gasteiger partial charge >= 0.3 is 0 Å². The van der Waals surface area contributed by atoms with Crippen molar-refractivity contribution in [3.8, 4) is 11.5 Å². The first kappa shape index (κ1) is 27.9. The van der Waals surface area contributed by atoms with E-state index in [0.717, 1.165) is 9.13 Å². The number of amides is 2. The Bertz CT molecular complexity index is 1010. The molecular formula is C25H31ClIN3O4. The molecule has 2 N–H and O–H groups in total. The van der Waals surface area contributed by atoms with Crippen molar-refractivity contribution in [1.29, 1.82) is 0 Å². The number of hydrazone groups is 1. The Labute approximate surface area is 219 Å². The van der Waals surface area contributed by atoms with Gasteiger partial charge in [0.05, 0.1) is 22.5 Å². The molecule has 0 aliphatic rings. The molecule has 34 heavy (non-hydrogen) atoms. The van der Waals surface area contributed by atoms with Crippen LogP contribution in [0.15, 0.2) is 41.5 Å². The maximum absolute atomic E-state index is 12.8. The molecule has 0 aliphatic carbocycles. The van der Waals surface area contributed by atoms with Crippen LogP contribution in [0.5, 0.6) is 11.5 Å². The minimum atomic E-state index is -0.735. The summed E-state index contributed by atoms with van der Waals surface area (Å²) in [4.78, 5) is 25.4. The lowest BCUT2D eigenvalue weighted by Crippen LogP contribution is -2.46. The van der Waals surface area contributed by atoms with Crippen molar-refractivity contribution in [3.05, 3.63) is 56.1 Å². The van der Waals surface area contributed by atoms with Gasteiger partial charge in [-0.15, -0.1) is 0 Å². The van der Waals surface area contributed by atoms with Crippen molar-refractivity contribution >= 4 is 52.2 Å². The zero-order valence-corrected chi connectivity index (χ0v) is 22.9. The Morgan fingerprint density at radius 2 is 1.82 bits per heavy atom. The van der Waals surface area contributed by atoms with Gasteiger partial charge in [-0.25, -0.2) is 5.43 Å². The first-order valence-corrected chi connectivity index (χ1v) is 12.6. The normalized spacial score (nSPS) is 12.1. The molecule has 0 aromatic heterocycles. The maximum atomic E-state index is 12.8. The van der Waals surface area contributed by atoms with Crippen molar-refractivity contribution in [3.63, 3.8) is 0 Å². The second-order valence-electron chi connectivity index (χ2n) is 8.33. The predicted octanol–water partition coefficient (Wildman–Crippen LogP) is 5.43. The first-order valence-electron chi connectivity index (χ1n) is 11.1. The average Bonchev–Trinajstić information content (AvgIpc) is 2.75. The molecular weight excluding hydrogens is 569 g/mol. The Balaban J connectivity index is 2.12. The van der Waals surface area contributed by atoms with Crippen LogP contribution < -0.4 is 20.2 Å². The van der Waals surface area contributed by atoms with Crippen LogP contribution in [-0.2, 0) is 4.79 Å². The summed E-state index contributed by atoms with van der Waals surface area (Å²) >= 11 is 8.07. The van der Waals surface area contributed by atoms with Crippen molar-refractivity contribution in [2.45, 2.75) is 53.2 Å². The Kier molecular flexibility index (Phi) is 11.1. The highest BCUT2D eigenvalue weighted by Gasteiger charge is 2.22. The van der Waals surface area contributed by atoms with E-state index in [1.54, 1.807) is 24.3 Å². The van der Waals surface area contributed by atoms with Crippen LogP contribution >= 0.6 is 34.2 Å². The number of nitrogens with one attached hydrogen (secondary N) is 2. The monoisotopic (exact) mass is 599 g/mol. The Hall–Kier alpha value is -2.33. The van der Waals surface area contributed by atoms with Crippen LogP contribution in [0.4, 0.5) is 0 Å². The minimum absolute atomic E-state index is 0.00695. The summed E-state index contributed by atoms with van der Waals surface area (Å²) in [5.74, 6) is 0.739. The highest BCUT2D eigenvalue weighted by atomic mass is 127. The van der Waals surface area contributed by atoms with Gasteiger partial charge in [-0.1, -0.05) is 25.4 Å². The molecule has 0 bridgehead atoms. The summed E-state index contributed by atoms with van der Waals surface area (Å²) in [5, 5.41) is 7.42. The highest BCUT2D eigenvalue weighted by Crippen LogP contribution is 2.34. The second-order valence-corrected chi connectivity index (χ2v) is 9.92. The molecule has 2 aromatic rings. The van der Waals surface area contributed by atoms with Gasteiger partial charge in [-0.05, 0) is 97.7 Å². The van der Waals surface area contributed by atoms with Crippen LogP contribution in [0, 0.1) is 9.49 Å². The Morgan fingerprint density at radius 3 is 2.41 bits per heavy atom. The number of halogens is 2. The van der Waals surface area contributed by atoms with E-state index in [0.29, 0.717) is 35.1 Å². The van der Waals surface area contributed by atoms with Crippen LogP contribution in [0.1, 0.15) is 57.0 Å². The summed E-state index contributed by atoms with van der Waals surface area (Å²) in [7, 11) is 0. The average molecular weight is 600 g/mol. The fourth-order valence-corrected chi connectivity index (χ4v) is 3.95. The SMILES string of the molecule is CCOc1cc(C=NNC(=O)C(CC(C)C)NC(=O)c2ccc(Cl)cc2)cc(I)c1OC(C)C. The summed E-state index contributed by atoms with van der Waals surface area (Å²) in [6.45, 7) is 10.3. The number of carbonyl (C=O) groups excluding carboxylic acids is 2. The van der Waals surface area contributed by atoms with E-state index in [1.165, 1.54) is 6.21 Å². The van der Waals surface area contributed by atoms with Crippen LogP contribution in [-0.4, -0.2) is 36.8 Å². The Morgan fingerprint density at radius 1 is 1.15 bits per heavy atom. The van der Waals surface area contributed by atoms with Gasteiger partial charge in [0.15, 0.2) is 11.5 Å². The standard InChI is InChI=1S/C25H31ClIN3O4/c1-6-33-22-13-17(12-20(27)23(22)34-16(4)5)14-28-30-25(32)21(11-15(2)3)29-24(31)18-7-9-19(26)10-8-18/h7-10,12-16,21H,6,11H2,1-5H3,(H,29,31)(H,30,32). The third kappa shape index (κ3) is 8.79. The van der Waals surface area contributed by atoms with E-state index < -0.39 is 11.9 Å². The summed E-state index contributed by atoms with van der Waals surface area (Å²) in [6.07, 6.45) is 2.01. The molecule has 9 heteroatoms. The van der Waals surface area contributed by atoms with Gasteiger partial charge in [-0.3, -0.25) is 9.59 Å². The topological polar surface area (TPSA) is 89.0 Å². The maximum Gasteiger partial charge on any atom is 0.262 e. The van der Waals surface area contributed by atoms with Crippen molar-refractivity contribution in [1.82, 2.24) is 10.7 Å². The van der Waals surface area contributed by atoms with Crippen LogP contribution in [0.2, 0.25) is 5.02 Å². The van der Waals surface area contributed by atoms with Crippen molar-refractivity contribution < 1.29 is 19.1 Å². The molecule has 0 saturated carbocycles. The fraction of sp³-hybridized carbons (Fsp3) is 0.400. The molecule has 0 radical (unpaired) electrons. The van der Waals surface area contributed by atoms with Crippen molar-refractivity contribution in [2.75, 3.05) is 6.61 Å². The molecule has 1 atom stereocenters. The number of ether oxygens (including phenoxy) is 2. The van der Waals surface area contributed by atoms with Gasteiger partial charge in [0, 0.05) is 10.6 Å². The fourth-order valence-electron chi connectivity index (χ4n) is 3.07. The number of nitrogens with zero attached hydrogens (tertiary/aromatic N) is 1. The zero-order chi connectivity index (χ0) is 25.3. The lowest BCUT2D eigenvalue weighted by molar-refractivity contribution is -0.123. The molecule has 2 aromatic carbocycles. The van der Waals surface area contributed by atoms with Gasteiger partial charge in [0.2, 0.25) is 0 Å². The lowest BCUT2D eigenvalue weighted by Gasteiger charge is -2.19. The molecule has 0 fully saturated rings. The zero-order valence-electron chi connectivity index (χ0n) is 20.0. The smallest absolute Gasteiger partial charge is 0.262 e. The molecule has 7 nitrogen and oxygen atoms in total. The number of carbonyl (C=O) groups is 2. The van der Waals surface area contributed by atoms with E-state index in [1.807, 2.05) is 46.8 Å². The van der Waals surface area contributed by atoms with Crippen molar-refractivity contribution in [2.24, 2.45) is 11.0 Å². The lowest BCUT2D eigenvalue weighted by atomic mass is 10.0. The number of benzene rings is 2. The van der Waals surface area contributed by atoms with Gasteiger partial charge in [0.1, 0.15) is 6.04 Å². The van der Waals surface area contributed by atoms with E-state index in [2.05, 4.69) is 38.4 Å². The van der Waals surface area contributed by atoms with Crippen LogP contribution in [0.3, 0.4) is 0 Å². The molecule has 2 amide bonds. The van der Waals surface area contributed by atoms with E-state index in [-0.39, 0.29) is 17.9 Å². The number of hydrogen-bond acceptors (Lipinski definition) is 5. The van der Waals surface area contributed by atoms with Gasteiger partial charge in [0.25, 0.3) is 11.8 Å². The first-order chi connectivity index (χ1) is 16.1. The molecule has 0 heterocycles. The summed E-state index contributed by atoms with van der Waals surface area (Å²) in [6, 6.07) is 9.47. The van der Waals surface area contributed by atoms with Crippen LogP contribution in [0.25, 0.3) is 0 Å². The molecule has 0 saturated heterocycles. The predicted molar refractivity (Wildman–Crippen MR) is 144 cm³/mol.